The van der Waals surface area contributed by atoms with Gasteiger partial charge in [-0.2, -0.15) is 5.26 Å². The van der Waals surface area contributed by atoms with E-state index in [9.17, 15) is 14.0 Å². The molecule has 2 fully saturated rings. The lowest BCUT2D eigenvalue weighted by Crippen LogP contribution is -2.57. The normalized spacial score (nSPS) is 26.9. The van der Waals surface area contributed by atoms with Crippen LogP contribution in [-0.4, -0.2) is 35.8 Å². The fraction of sp³-hybridized carbons (Fsp3) is 0.471. The number of benzene rings is 1. The van der Waals surface area contributed by atoms with Crippen LogP contribution in [0.25, 0.3) is 0 Å². The summed E-state index contributed by atoms with van der Waals surface area (Å²) in [5, 5.41) is 11.9. The third-order valence-electron chi connectivity index (χ3n) is 4.69. The van der Waals surface area contributed by atoms with Gasteiger partial charge in [0.1, 0.15) is 11.7 Å². The molecule has 3 unspecified atom stereocenters. The van der Waals surface area contributed by atoms with Crippen molar-refractivity contribution in [3.05, 3.63) is 35.6 Å². The minimum absolute atomic E-state index is 0.000431. The van der Waals surface area contributed by atoms with Crippen LogP contribution in [0.2, 0.25) is 0 Å². The fourth-order valence-electron chi connectivity index (χ4n) is 3.38. The summed E-state index contributed by atoms with van der Waals surface area (Å²) >= 11 is 0. The van der Waals surface area contributed by atoms with Gasteiger partial charge in [-0.1, -0.05) is 12.1 Å². The van der Waals surface area contributed by atoms with Gasteiger partial charge in [-0.15, -0.1) is 0 Å². The quantitative estimate of drug-likeness (QED) is 0.892. The van der Waals surface area contributed by atoms with E-state index in [1.54, 1.807) is 17.0 Å². The van der Waals surface area contributed by atoms with Crippen LogP contribution in [0.1, 0.15) is 18.4 Å². The highest BCUT2D eigenvalue weighted by molar-refractivity contribution is 5.82. The molecule has 5 nitrogen and oxygen atoms in total. The van der Waals surface area contributed by atoms with E-state index in [2.05, 4.69) is 5.32 Å². The van der Waals surface area contributed by atoms with Gasteiger partial charge >= 0.3 is 0 Å². The van der Waals surface area contributed by atoms with Crippen molar-refractivity contribution in [3.8, 4) is 6.07 Å². The standard InChI is InChI=1S/C17H18FN3O2/c18-14-3-1-11(2-4-14)7-16(22)21-6-5-15-13(10-21)8-12(9-19)17(23)20-15/h1-4,12-13,15H,5-8,10H2,(H,20,23). The number of likely N-dealkylation sites (tertiary alicyclic amines) is 1. The monoisotopic (exact) mass is 315 g/mol. The molecule has 1 N–H and O–H groups in total. The Balaban J connectivity index is 1.62. The van der Waals surface area contributed by atoms with E-state index in [4.69, 9.17) is 5.26 Å². The van der Waals surface area contributed by atoms with Crippen molar-refractivity contribution in [2.45, 2.75) is 25.3 Å². The van der Waals surface area contributed by atoms with Crippen molar-refractivity contribution in [2.75, 3.05) is 13.1 Å². The van der Waals surface area contributed by atoms with E-state index < -0.39 is 5.92 Å². The second-order valence-corrected chi connectivity index (χ2v) is 6.22. The van der Waals surface area contributed by atoms with Crippen LogP contribution in [0.3, 0.4) is 0 Å². The molecule has 1 aromatic carbocycles. The van der Waals surface area contributed by atoms with Crippen molar-refractivity contribution in [3.63, 3.8) is 0 Å². The summed E-state index contributed by atoms with van der Waals surface area (Å²) in [6, 6.07) is 8.02. The number of carbonyl (C=O) groups is 2. The molecule has 3 rings (SSSR count). The summed E-state index contributed by atoms with van der Waals surface area (Å²) in [6.07, 6.45) is 1.46. The third kappa shape index (κ3) is 3.34. The Kier molecular flexibility index (Phi) is 4.28. The molecule has 0 aliphatic carbocycles. The molecule has 0 radical (unpaired) electrons. The van der Waals surface area contributed by atoms with Crippen molar-refractivity contribution < 1.29 is 14.0 Å². The SMILES string of the molecule is N#CC1CC2CN(C(=O)Cc3ccc(F)cc3)CCC2NC1=O. The highest BCUT2D eigenvalue weighted by atomic mass is 19.1. The third-order valence-corrected chi connectivity index (χ3v) is 4.69. The summed E-state index contributed by atoms with van der Waals surface area (Å²) < 4.78 is 12.9. The van der Waals surface area contributed by atoms with Crippen molar-refractivity contribution >= 4 is 11.8 Å². The summed E-state index contributed by atoms with van der Waals surface area (Å²) in [6.45, 7) is 1.15. The van der Waals surface area contributed by atoms with Gasteiger partial charge in [-0.05, 0) is 36.5 Å². The molecular formula is C17H18FN3O2. The Morgan fingerprint density at radius 3 is 2.83 bits per heavy atom. The molecule has 23 heavy (non-hydrogen) atoms. The van der Waals surface area contributed by atoms with Crippen molar-refractivity contribution in [1.29, 1.82) is 5.26 Å². The first-order chi connectivity index (χ1) is 11.1. The predicted octanol–water partition coefficient (Wildman–Crippen LogP) is 1.24. The Morgan fingerprint density at radius 2 is 2.13 bits per heavy atom. The Labute approximate surface area is 134 Å². The van der Waals surface area contributed by atoms with Gasteiger partial charge in [0.15, 0.2) is 0 Å². The second-order valence-electron chi connectivity index (χ2n) is 6.22. The van der Waals surface area contributed by atoms with Gasteiger partial charge in [-0.3, -0.25) is 9.59 Å². The first-order valence-corrected chi connectivity index (χ1v) is 7.79. The average Bonchev–Trinajstić information content (AvgIpc) is 2.55. The Hall–Kier alpha value is -2.42. The molecule has 2 amide bonds. The number of halogens is 1. The van der Waals surface area contributed by atoms with Crippen LogP contribution in [0.4, 0.5) is 4.39 Å². The van der Waals surface area contributed by atoms with Gasteiger partial charge in [0.2, 0.25) is 11.8 Å². The smallest absolute Gasteiger partial charge is 0.237 e. The number of nitrogens with zero attached hydrogens (tertiary/aromatic N) is 2. The van der Waals surface area contributed by atoms with E-state index in [1.165, 1.54) is 12.1 Å². The maximum absolute atomic E-state index is 12.9. The lowest BCUT2D eigenvalue weighted by atomic mass is 9.80. The molecule has 0 spiro atoms. The van der Waals surface area contributed by atoms with E-state index in [0.717, 1.165) is 5.56 Å². The van der Waals surface area contributed by atoms with E-state index in [0.29, 0.717) is 25.9 Å². The summed E-state index contributed by atoms with van der Waals surface area (Å²) in [5.41, 5.74) is 0.783. The predicted molar refractivity (Wildman–Crippen MR) is 80.4 cm³/mol. The van der Waals surface area contributed by atoms with Gasteiger partial charge in [-0.25, -0.2) is 4.39 Å². The fourth-order valence-corrected chi connectivity index (χ4v) is 3.38. The highest BCUT2D eigenvalue weighted by Gasteiger charge is 2.39. The molecule has 2 heterocycles. The second kappa shape index (κ2) is 6.37. The minimum atomic E-state index is -0.622. The zero-order chi connectivity index (χ0) is 16.4. The van der Waals surface area contributed by atoms with Crippen LogP contribution in [0, 0.1) is 29.0 Å². The Morgan fingerprint density at radius 1 is 1.39 bits per heavy atom. The number of nitrogens with one attached hydrogen (secondary N) is 1. The van der Waals surface area contributed by atoms with E-state index >= 15 is 0 Å². The van der Waals surface area contributed by atoms with Crippen LogP contribution in [-0.2, 0) is 16.0 Å². The molecule has 2 aliphatic rings. The maximum atomic E-state index is 12.9. The summed E-state index contributed by atoms with van der Waals surface area (Å²) in [4.78, 5) is 25.9. The van der Waals surface area contributed by atoms with Gasteiger partial charge in [0.25, 0.3) is 0 Å². The van der Waals surface area contributed by atoms with Crippen LogP contribution in [0.5, 0.6) is 0 Å². The number of hydrogen-bond donors (Lipinski definition) is 1. The molecule has 2 aliphatic heterocycles. The lowest BCUT2D eigenvalue weighted by Gasteiger charge is -2.42. The largest absolute Gasteiger partial charge is 0.352 e. The number of rotatable bonds is 2. The number of carbonyl (C=O) groups excluding carboxylic acids is 2. The average molecular weight is 315 g/mol. The molecule has 1 aromatic rings. The van der Waals surface area contributed by atoms with Gasteiger partial charge in [0.05, 0.1) is 12.5 Å². The molecule has 2 saturated heterocycles. The van der Waals surface area contributed by atoms with Crippen LogP contribution >= 0.6 is 0 Å². The number of nitriles is 1. The molecule has 120 valence electrons. The Bertz CT molecular complexity index is 653. The molecule has 0 saturated carbocycles. The number of fused-ring (bicyclic) bond motifs is 1. The summed E-state index contributed by atoms with van der Waals surface area (Å²) in [5.74, 6) is -1.01. The van der Waals surface area contributed by atoms with Crippen LogP contribution in [0.15, 0.2) is 24.3 Å². The van der Waals surface area contributed by atoms with Crippen molar-refractivity contribution in [1.82, 2.24) is 10.2 Å². The topological polar surface area (TPSA) is 73.2 Å². The molecule has 3 atom stereocenters. The molecule has 6 heteroatoms. The minimum Gasteiger partial charge on any atom is -0.352 e. The molecular weight excluding hydrogens is 297 g/mol. The maximum Gasteiger partial charge on any atom is 0.237 e. The first kappa shape index (κ1) is 15.5. The highest BCUT2D eigenvalue weighted by Crippen LogP contribution is 2.28. The molecule has 0 bridgehead atoms. The lowest BCUT2D eigenvalue weighted by molar-refractivity contribution is -0.135. The van der Waals surface area contributed by atoms with Gasteiger partial charge in [0, 0.05) is 19.1 Å². The van der Waals surface area contributed by atoms with Gasteiger partial charge < -0.3 is 10.2 Å². The zero-order valence-electron chi connectivity index (χ0n) is 12.7. The van der Waals surface area contributed by atoms with E-state index in [-0.39, 0.29) is 36.0 Å². The number of piperidine rings is 2. The van der Waals surface area contributed by atoms with Crippen molar-refractivity contribution in [2.24, 2.45) is 11.8 Å². The zero-order valence-corrected chi connectivity index (χ0v) is 12.7. The molecule has 0 aromatic heterocycles. The van der Waals surface area contributed by atoms with E-state index in [1.807, 2.05) is 6.07 Å². The van der Waals surface area contributed by atoms with Crippen LogP contribution < -0.4 is 5.32 Å². The first-order valence-electron chi connectivity index (χ1n) is 7.79. The number of hydrogen-bond acceptors (Lipinski definition) is 3. The summed E-state index contributed by atoms with van der Waals surface area (Å²) in [7, 11) is 0. The number of amides is 2.